The van der Waals surface area contributed by atoms with Crippen LogP contribution in [0.15, 0.2) is 18.5 Å². The third-order valence-electron chi connectivity index (χ3n) is 5.26. The molecule has 1 fully saturated rings. The molecule has 28 heavy (non-hydrogen) atoms. The van der Waals surface area contributed by atoms with Crippen molar-refractivity contribution in [3.05, 3.63) is 41.4 Å². The maximum atomic E-state index is 14.5. The number of hydrogen-bond donors (Lipinski definition) is 0. The fraction of sp³-hybridized carbons (Fsp3) is 0.550. The van der Waals surface area contributed by atoms with Crippen LogP contribution in [0, 0.1) is 12.7 Å². The van der Waals surface area contributed by atoms with Crippen molar-refractivity contribution in [2.75, 3.05) is 26.3 Å². The Morgan fingerprint density at radius 1 is 1.21 bits per heavy atom. The number of aromatic nitrogens is 3. The van der Waals surface area contributed by atoms with Gasteiger partial charge in [0.05, 0.1) is 24.4 Å². The zero-order valence-corrected chi connectivity index (χ0v) is 16.2. The summed E-state index contributed by atoms with van der Waals surface area (Å²) in [4.78, 5) is 15.0. The molecule has 2 aromatic heterocycles. The number of rotatable bonds is 5. The minimum absolute atomic E-state index is 0.137. The van der Waals surface area contributed by atoms with Gasteiger partial charge in [0.2, 0.25) is 0 Å². The predicted molar refractivity (Wildman–Crippen MR) is 99.8 cm³/mol. The number of halogens is 1. The van der Waals surface area contributed by atoms with Gasteiger partial charge < -0.3 is 14.2 Å². The molecule has 0 N–H and O–H groups in total. The molecule has 0 radical (unpaired) electrons. The average Bonchev–Trinajstić information content (AvgIpc) is 2.73. The molecule has 2 aromatic rings. The predicted octanol–water partition coefficient (Wildman–Crippen LogP) is 2.83. The Morgan fingerprint density at radius 3 is 2.68 bits per heavy atom. The van der Waals surface area contributed by atoms with Crippen LogP contribution in [-0.4, -0.2) is 52.3 Å². The molecule has 1 unspecified atom stereocenters. The molecule has 4 heterocycles. The standard InChI is InChI=1S/C20H25FN4O3/c1-13(19-17(21)9-18-20(24-19)27-8-7-26-18)25-5-3-16(4-6-25)28-12-15-10-22-14(2)23-11-15/h9-11,13,16H,3-8,12H2,1-2H3. The summed E-state index contributed by atoms with van der Waals surface area (Å²) in [5, 5.41) is 0. The first-order valence-electron chi connectivity index (χ1n) is 9.69. The van der Waals surface area contributed by atoms with E-state index in [1.54, 1.807) is 12.4 Å². The molecule has 0 amide bonds. The van der Waals surface area contributed by atoms with E-state index in [1.165, 1.54) is 6.07 Å². The van der Waals surface area contributed by atoms with Gasteiger partial charge in [0.25, 0.3) is 5.88 Å². The van der Waals surface area contributed by atoms with Crippen molar-refractivity contribution in [1.82, 2.24) is 19.9 Å². The van der Waals surface area contributed by atoms with Crippen LogP contribution in [0.25, 0.3) is 0 Å². The highest BCUT2D eigenvalue weighted by Gasteiger charge is 2.28. The molecule has 4 rings (SSSR count). The number of ether oxygens (including phenoxy) is 3. The Kier molecular flexibility index (Phi) is 5.68. The van der Waals surface area contributed by atoms with Crippen molar-refractivity contribution in [3.63, 3.8) is 0 Å². The molecule has 2 aliphatic rings. The quantitative estimate of drug-likeness (QED) is 0.780. The molecule has 0 bridgehead atoms. The summed E-state index contributed by atoms with van der Waals surface area (Å²) in [6.07, 6.45) is 5.57. The fourth-order valence-electron chi connectivity index (χ4n) is 3.57. The number of hydrogen-bond acceptors (Lipinski definition) is 7. The number of aryl methyl sites for hydroxylation is 1. The Hall–Kier alpha value is -2.32. The van der Waals surface area contributed by atoms with Gasteiger partial charge in [-0.15, -0.1) is 0 Å². The van der Waals surface area contributed by atoms with Crippen LogP contribution in [-0.2, 0) is 11.3 Å². The van der Waals surface area contributed by atoms with Crippen LogP contribution in [0.3, 0.4) is 0 Å². The van der Waals surface area contributed by atoms with Gasteiger partial charge in [-0.2, -0.15) is 0 Å². The Morgan fingerprint density at radius 2 is 1.93 bits per heavy atom. The molecule has 1 atom stereocenters. The molecule has 0 aromatic carbocycles. The smallest absolute Gasteiger partial charge is 0.257 e. The second-order valence-electron chi connectivity index (χ2n) is 7.22. The van der Waals surface area contributed by atoms with E-state index >= 15 is 0 Å². The number of fused-ring (bicyclic) bond motifs is 1. The zero-order chi connectivity index (χ0) is 19.5. The molecule has 2 aliphatic heterocycles. The van der Waals surface area contributed by atoms with E-state index in [0.717, 1.165) is 37.3 Å². The fourth-order valence-corrected chi connectivity index (χ4v) is 3.57. The highest BCUT2D eigenvalue weighted by molar-refractivity contribution is 5.37. The van der Waals surface area contributed by atoms with E-state index in [4.69, 9.17) is 14.2 Å². The maximum Gasteiger partial charge on any atom is 0.257 e. The molecular formula is C20H25FN4O3. The topological polar surface area (TPSA) is 69.6 Å². The van der Waals surface area contributed by atoms with Crippen molar-refractivity contribution in [1.29, 1.82) is 0 Å². The van der Waals surface area contributed by atoms with Gasteiger partial charge >= 0.3 is 0 Å². The van der Waals surface area contributed by atoms with Crippen LogP contribution >= 0.6 is 0 Å². The van der Waals surface area contributed by atoms with Gasteiger partial charge in [-0.05, 0) is 26.7 Å². The Labute approximate surface area is 163 Å². The van der Waals surface area contributed by atoms with Gasteiger partial charge in [-0.1, -0.05) is 0 Å². The lowest BCUT2D eigenvalue weighted by molar-refractivity contribution is -0.0107. The molecule has 0 aliphatic carbocycles. The van der Waals surface area contributed by atoms with Gasteiger partial charge in [0.15, 0.2) is 5.75 Å². The summed E-state index contributed by atoms with van der Waals surface area (Å²) in [6, 6.07) is 1.24. The molecule has 0 saturated carbocycles. The monoisotopic (exact) mass is 388 g/mol. The summed E-state index contributed by atoms with van der Waals surface area (Å²) in [7, 11) is 0. The summed E-state index contributed by atoms with van der Waals surface area (Å²) in [5.41, 5.74) is 1.38. The minimum atomic E-state index is -0.352. The third-order valence-corrected chi connectivity index (χ3v) is 5.26. The van der Waals surface area contributed by atoms with Crippen LogP contribution in [0.4, 0.5) is 4.39 Å². The largest absolute Gasteiger partial charge is 0.484 e. The van der Waals surface area contributed by atoms with E-state index in [-0.39, 0.29) is 18.0 Å². The third kappa shape index (κ3) is 4.23. The number of nitrogens with zero attached hydrogens (tertiary/aromatic N) is 4. The maximum absolute atomic E-state index is 14.5. The summed E-state index contributed by atoms with van der Waals surface area (Å²) < 4.78 is 31.4. The van der Waals surface area contributed by atoms with Gasteiger partial charge in [-0.25, -0.2) is 19.3 Å². The molecule has 1 saturated heterocycles. The van der Waals surface area contributed by atoms with E-state index < -0.39 is 0 Å². The van der Waals surface area contributed by atoms with Crippen LogP contribution < -0.4 is 9.47 Å². The van der Waals surface area contributed by atoms with E-state index in [0.29, 0.717) is 37.1 Å². The molecule has 0 spiro atoms. The Balaban J connectivity index is 1.32. The average molecular weight is 388 g/mol. The van der Waals surface area contributed by atoms with Crippen molar-refractivity contribution >= 4 is 0 Å². The van der Waals surface area contributed by atoms with Crippen molar-refractivity contribution in [3.8, 4) is 11.6 Å². The number of pyridine rings is 1. The molecule has 8 heteroatoms. The summed E-state index contributed by atoms with van der Waals surface area (Å²) in [5.74, 6) is 1.17. The van der Waals surface area contributed by atoms with E-state index in [9.17, 15) is 4.39 Å². The first kappa shape index (κ1) is 19.0. The van der Waals surface area contributed by atoms with Crippen molar-refractivity contribution in [2.24, 2.45) is 0 Å². The Bertz CT molecular complexity index is 810. The first-order chi connectivity index (χ1) is 13.6. The van der Waals surface area contributed by atoms with Gasteiger partial charge in [0.1, 0.15) is 24.9 Å². The molecular weight excluding hydrogens is 363 g/mol. The molecule has 150 valence electrons. The SMILES string of the molecule is Cc1ncc(COC2CCN(C(C)c3nc4c(cc3F)OCCO4)CC2)cn1. The van der Waals surface area contributed by atoms with Crippen LogP contribution in [0.1, 0.15) is 42.9 Å². The highest BCUT2D eigenvalue weighted by Crippen LogP contribution is 2.33. The summed E-state index contributed by atoms with van der Waals surface area (Å²) in [6.45, 7) is 6.86. The second-order valence-corrected chi connectivity index (χ2v) is 7.22. The van der Waals surface area contributed by atoms with Crippen LogP contribution in [0.5, 0.6) is 11.6 Å². The lowest BCUT2D eigenvalue weighted by Gasteiger charge is -2.36. The zero-order valence-electron chi connectivity index (χ0n) is 16.2. The first-order valence-corrected chi connectivity index (χ1v) is 9.69. The minimum Gasteiger partial charge on any atom is -0.484 e. The lowest BCUT2D eigenvalue weighted by atomic mass is 10.0. The van der Waals surface area contributed by atoms with Crippen molar-refractivity contribution in [2.45, 2.75) is 45.4 Å². The van der Waals surface area contributed by atoms with Crippen LogP contribution in [0.2, 0.25) is 0 Å². The second kappa shape index (κ2) is 8.36. The molecule has 7 nitrogen and oxygen atoms in total. The van der Waals surface area contributed by atoms with Gasteiger partial charge in [0, 0.05) is 37.1 Å². The lowest BCUT2D eigenvalue weighted by Crippen LogP contribution is -2.39. The highest BCUT2D eigenvalue weighted by atomic mass is 19.1. The van der Waals surface area contributed by atoms with E-state index in [2.05, 4.69) is 19.9 Å². The summed E-state index contributed by atoms with van der Waals surface area (Å²) >= 11 is 0. The van der Waals surface area contributed by atoms with Crippen molar-refractivity contribution < 1.29 is 18.6 Å². The normalized spacial score (nSPS) is 18.8. The number of piperidine rings is 1. The van der Waals surface area contributed by atoms with E-state index in [1.807, 2.05) is 13.8 Å². The number of likely N-dealkylation sites (tertiary alicyclic amines) is 1. The van der Waals surface area contributed by atoms with Gasteiger partial charge in [-0.3, -0.25) is 4.90 Å².